The van der Waals surface area contributed by atoms with Gasteiger partial charge in [0.25, 0.3) is 0 Å². The molecule has 1 aromatic heterocycles. The monoisotopic (exact) mass is 340 g/mol. The SMILES string of the molecule is COc1ccc(C)cc1NC(=O)CCc1ccc2oc(=O)n(C)c2c1. The highest BCUT2D eigenvalue weighted by molar-refractivity contribution is 5.92. The fourth-order valence-corrected chi connectivity index (χ4v) is 2.72. The molecule has 6 heteroatoms. The topological polar surface area (TPSA) is 73.5 Å². The van der Waals surface area contributed by atoms with Gasteiger partial charge in [0.2, 0.25) is 5.91 Å². The lowest BCUT2D eigenvalue weighted by molar-refractivity contribution is -0.116. The van der Waals surface area contributed by atoms with Crippen molar-refractivity contribution in [3.63, 3.8) is 0 Å². The normalized spacial score (nSPS) is 10.8. The Labute approximate surface area is 145 Å². The summed E-state index contributed by atoms with van der Waals surface area (Å²) in [5, 5.41) is 2.89. The van der Waals surface area contributed by atoms with Crippen LogP contribution in [-0.4, -0.2) is 17.6 Å². The summed E-state index contributed by atoms with van der Waals surface area (Å²) in [5.41, 5.74) is 3.95. The van der Waals surface area contributed by atoms with Gasteiger partial charge in [-0.1, -0.05) is 12.1 Å². The molecule has 0 aliphatic heterocycles. The van der Waals surface area contributed by atoms with Gasteiger partial charge in [0.15, 0.2) is 5.58 Å². The van der Waals surface area contributed by atoms with Crippen molar-refractivity contribution in [2.24, 2.45) is 7.05 Å². The maximum atomic E-state index is 12.3. The maximum absolute atomic E-state index is 12.3. The quantitative estimate of drug-likeness (QED) is 0.775. The van der Waals surface area contributed by atoms with Crippen molar-refractivity contribution in [3.8, 4) is 5.75 Å². The highest BCUT2D eigenvalue weighted by Crippen LogP contribution is 2.25. The number of nitrogens with zero attached hydrogens (tertiary/aromatic N) is 1. The molecule has 3 rings (SSSR count). The van der Waals surface area contributed by atoms with Gasteiger partial charge >= 0.3 is 5.76 Å². The smallest absolute Gasteiger partial charge is 0.419 e. The number of fused-ring (bicyclic) bond motifs is 1. The summed E-state index contributed by atoms with van der Waals surface area (Å²) >= 11 is 0. The molecule has 0 fully saturated rings. The van der Waals surface area contributed by atoms with E-state index < -0.39 is 5.76 Å². The van der Waals surface area contributed by atoms with Crippen LogP contribution in [0.15, 0.2) is 45.6 Å². The summed E-state index contributed by atoms with van der Waals surface area (Å²) in [6.07, 6.45) is 0.893. The number of amides is 1. The van der Waals surface area contributed by atoms with Crippen molar-refractivity contribution in [2.75, 3.05) is 12.4 Å². The van der Waals surface area contributed by atoms with Crippen LogP contribution in [0.5, 0.6) is 5.75 Å². The van der Waals surface area contributed by atoms with Crippen molar-refractivity contribution in [2.45, 2.75) is 19.8 Å². The molecule has 25 heavy (non-hydrogen) atoms. The van der Waals surface area contributed by atoms with Crippen LogP contribution in [0.2, 0.25) is 0 Å². The summed E-state index contributed by atoms with van der Waals surface area (Å²) in [6, 6.07) is 11.1. The second kappa shape index (κ2) is 6.84. The van der Waals surface area contributed by atoms with E-state index in [-0.39, 0.29) is 5.91 Å². The van der Waals surface area contributed by atoms with Gasteiger partial charge in [-0.25, -0.2) is 4.79 Å². The number of carbonyl (C=O) groups is 1. The first-order valence-electron chi connectivity index (χ1n) is 8.01. The third-order valence-corrected chi connectivity index (χ3v) is 4.13. The number of hydrogen-bond acceptors (Lipinski definition) is 4. The Bertz CT molecular complexity index is 985. The standard InChI is InChI=1S/C19H20N2O4/c1-12-4-7-16(24-3)14(10-12)20-18(22)9-6-13-5-8-17-15(11-13)21(2)19(23)25-17/h4-5,7-8,10-11H,6,9H2,1-3H3,(H,20,22). The molecule has 0 bridgehead atoms. The molecule has 130 valence electrons. The molecule has 0 saturated carbocycles. The van der Waals surface area contributed by atoms with Gasteiger partial charge in [-0.05, 0) is 48.7 Å². The molecule has 0 aliphatic rings. The Hall–Kier alpha value is -3.02. The number of hydrogen-bond donors (Lipinski definition) is 1. The van der Waals surface area contributed by atoms with E-state index in [1.54, 1.807) is 20.2 Å². The van der Waals surface area contributed by atoms with Gasteiger partial charge in [-0.2, -0.15) is 0 Å². The summed E-state index contributed by atoms with van der Waals surface area (Å²) < 4.78 is 11.8. The fraction of sp³-hybridized carbons (Fsp3) is 0.263. The lowest BCUT2D eigenvalue weighted by atomic mass is 10.1. The molecule has 0 radical (unpaired) electrons. The van der Waals surface area contributed by atoms with Gasteiger partial charge in [-0.15, -0.1) is 0 Å². The minimum atomic E-state index is -0.392. The zero-order valence-corrected chi connectivity index (χ0v) is 14.5. The second-order valence-corrected chi connectivity index (χ2v) is 5.98. The minimum Gasteiger partial charge on any atom is -0.495 e. The average molecular weight is 340 g/mol. The number of oxazole rings is 1. The Morgan fingerprint density at radius 2 is 2.04 bits per heavy atom. The number of ether oxygens (including phenoxy) is 1. The molecule has 3 aromatic rings. The lowest BCUT2D eigenvalue weighted by Gasteiger charge is -2.11. The van der Waals surface area contributed by atoms with E-state index >= 15 is 0 Å². The van der Waals surface area contributed by atoms with Gasteiger partial charge in [0.05, 0.1) is 18.3 Å². The van der Waals surface area contributed by atoms with E-state index in [1.165, 1.54) is 4.57 Å². The molecule has 0 spiro atoms. The van der Waals surface area contributed by atoms with Crippen LogP contribution < -0.4 is 15.8 Å². The maximum Gasteiger partial charge on any atom is 0.419 e. The average Bonchev–Trinajstić information content (AvgIpc) is 2.87. The van der Waals surface area contributed by atoms with E-state index in [9.17, 15) is 9.59 Å². The van der Waals surface area contributed by atoms with Crippen molar-refractivity contribution < 1.29 is 13.9 Å². The summed E-state index contributed by atoms with van der Waals surface area (Å²) in [4.78, 5) is 23.8. The van der Waals surface area contributed by atoms with Crippen molar-refractivity contribution in [1.82, 2.24) is 4.57 Å². The van der Waals surface area contributed by atoms with Crippen LogP contribution in [0.25, 0.3) is 11.1 Å². The van der Waals surface area contributed by atoms with Crippen LogP contribution >= 0.6 is 0 Å². The van der Waals surface area contributed by atoms with Crippen molar-refractivity contribution in [1.29, 1.82) is 0 Å². The number of carbonyl (C=O) groups excluding carboxylic acids is 1. The summed E-state index contributed by atoms with van der Waals surface area (Å²) in [7, 11) is 3.24. The van der Waals surface area contributed by atoms with Gasteiger partial charge in [0, 0.05) is 13.5 Å². The third kappa shape index (κ3) is 3.57. The number of nitrogens with one attached hydrogen (secondary N) is 1. The Morgan fingerprint density at radius 3 is 2.80 bits per heavy atom. The lowest BCUT2D eigenvalue weighted by Crippen LogP contribution is -2.13. The number of benzene rings is 2. The predicted octanol–water partition coefficient (Wildman–Crippen LogP) is 3.02. The Kier molecular flexibility index (Phi) is 4.61. The fourth-order valence-electron chi connectivity index (χ4n) is 2.72. The van der Waals surface area contributed by atoms with E-state index in [4.69, 9.17) is 9.15 Å². The molecular weight excluding hydrogens is 320 g/mol. The zero-order chi connectivity index (χ0) is 18.0. The summed E-state index contributed by atoms with van der Waals surface area (Å²) in [5.74, 6) is 0.148. The van der Waals surface area contributed by atoms with E-state index in [0.717, 1.165) is 16.6 Å². The molecule has 1 N–H and O–H groups in total. The van der Waals surface area contributed by atoms with Crippen molar-refractivity contribution in [3.05, 3.63) is 58.1 Å². The minimum absolute atomic E-state index is 0.0925. The molecule has 0 atom stereocenters. The number of methoxy groups -OCH3 is 1. The largest absolute Gasteiger partial charge is 0.495 e. The first kappa shape index (κ1) is 16.8. The Morgan fingerprint density at radius 1 is 1.24 bits per heavy atom. The van der Waals surface area contributed by atoms with Crippen LogP contribution in [0.1, 0.15) is 17.5 Å². The first-order valence-corrected chi connectivity index (χ1v) is 8.01. The van der Waals surface area contributed by atoms with Gasteiger partial charge in [-0.3, -0.25) is 9.36 Å². The predicted molar refractivity (Wildman–Crippen MR) is 96.1 cm³/mol. The van der Waals surface area contributed by atoms with Crippen molar-refractivity contribution >= 4 is 22.7 Å². The van der Waals surface area contributed by atoms with E-state index in [2.05, 4.69) is 5.32 Å². The highest BCUT2D eigenvalue weighted by Gasteiger charge is 2.10. The van der Waals surface area contributed by atoms with Crippen LogP contribution in [0, 0.1) is 6.92 Å². The van der Waals surface area contributed by atoms with Gasteiger partial charge < -0.3 is 14.5 Å². The first-order chi connectivity index (χ1) is 12.0. The van der Waals surface area contributed by atoms with Gasteiger partial charge in [0.1, 0.15) is 5.75 Å². The number of rotatable bonds is 5. The molecule has 0 aliphatic carbocycles. The third-order valence-electron chi connectivity index (χ3n) is 4.13. The molecule has 0 unspecified atom stereocenters. The summed E-state index contributed by atoms with van der Waals surface area (Å²) in [6.45, 7) is 1.96. The van der Waals surface area contributed by atoms with Crippen LogP contribution in [0.4, 0.5) is 5.69 Å². The van der Waals surface area contributed by atoms with Crippen LogP contribution in [0.3, 0.4) is 0 Å². The zero-order valence-electron chi connectivity index (χ0n) is 14.5. The molecule has 2 aromatic carbocycles. The molecule has 0 saturated heterocycles. The number of aryl methyl sites for hydroxylation is 3. The second-order valence-electron chi connectivity index (χ2n) is 5.98. The Balaban J connectivity index is 1.69. The van der Waals surface area contributed by atoms with E-state index in [0.29, 0.717) is 29.9 Å². The number of anilines is 1. The number of aromatic nitrogens is 1. The van der Waals surface area contributed by atoms with Crippen LogP contribution in [-0.2, 0) is 18.3 Å². The molecular formula is C19H20N2O4. The van der Waals surface area contributed by atoms with E-state index in [1.807, 2.05) is 37.3 Å². The molecule has 1 amide bonds. The molecule has 1 heterocycles. The highest BCUT2D eigenvalue weighted by atomic mass is 16.5. The molecule has 6 nitrogen and oxygen atoms in total.